The molecular weight excluding hydrogens is 579 g/mol. The summed E-state index contributed by atoms with van der Waals surface area (Å²) in [4.78, 5) is 29.7. The molecule has 0 radical (unpaired) electrons. The first-order valence-electron chi connectivity index (χ1n) is 16.2. The van der Waals surface area contributed by atoms with E-state index >= 15 is 0 Å². The third-order valence-corrected chi connectivity index (χ3v) is 13.8. The maximum Gasteiger partial charge on any atom is 0.410 e. The minimum Gasteiger partial charge on any atom is -0.545 e. The van der Waals surface area contributed by atoms with Crippen molar-refractivity contribution in [3.05, 3.63) is 89.2 Å². The Kier molecular flexibility index (Phi) is 9.69. The molecule has 2 aliphatic rings. The molecule has 4 rings (SSSR count). The van der Waals surface area contributed by atoms with Crippen LogP contribution in [0.15, 0.2) is 78.1 Å². The fraction of sp³-hybridized carbons (Fsp3) is 0.526. The van der Waals surface area contributed by atoms with Gasteiger partial charge in [0.15, 0.2) is 5.78 Å². The van der Waals surface area contributed by atoms with Crippen LogP contribution in [0.25, 0.3) is 5.57 Å². The van der Waals surface area contributed by atoms with E-state index in [1.807, 2.05) is 45.0 Å². The number of hydrogen-bond donors (Lipinski definition) is 0. The summed E-state index contributed by atoms with van der Waals surface area (Å²) < 4.78 is 19.0. The summed E-state index contributed by atoms with van der Waals surface area (Å²) >= 11 is 0. The molecule has 1 amide bonds. The van der Waals surface area contributed by atoms with Crippen molar-refractivity contribution in [3.8, 4) is 0 Å². The minimum atomic E-state index is -2.40. The SMILES string of the molecule is CC(C)(C)OC(=O)N1CCOC[C@@H]1CC1=C(c2ccccc2)[C@@](c2ccccc2)(C(C)(C)C)C(O[Si](C)(C)C(C)(C)C)=CC1=O. The molecule has 1 saturated heterocycles. The van der Waals surface area contributed by atoms with Crippen LogP contribution in [0, 0.1) is 5.41 Å². The second-order valence-corrected chi connectivity index (χ2v) is 20.7. The van der Waals surface area contributed by atoms with Gasteiger partial charge < -0.3 is 18.8 Å². The molecular formula is C38H53NO5Si. The monoisotopic (exact) mass is 631 g/mol. The Bertz CT molecular complexity index is 1440. The summed E-state index contributed by atoms with van der Waals surface area (Å²) in [7, 11) is -2.40. The van der Waals surface area contributed by atoms with E-state index in [-0.39, 0.29) is 23.0 Å². The Morgan fingerprint density at radius 3 is 2.04 bits per heavy atom. The van der Waals surface area contributed by atoms with Crippen LogP contribution in [0.1, 0.15) is 79.9 Å². The van der Waals surface area contributed by atoms with Crippen LogP contribution in [0.4, 0.5) is 4.79 Å². The summed E-state index contributed by atoms with van der Waals surface area (Å²) in [6, 6.07) is 20.3. The number of carbonyl (C=O) groups excluding carboxylic acids is 2. The minimum absolute atomic E-state index is 0.0819. The van der Waals surface area contributed by atoms with E-state index in [2.05, 4.69) is 91.0 Å². The molecule has 0 N–H and O–H groups in total. The number of benzene rings is 2. The van der Waals surface area contributed by atoms with Crippen molar-refractivity contribution in [2.75, 3.05) is 19.8 Å². The van der Waals surface area contributed by atoms with E-state index in [0.29, 0.717) is 37.5 Å². The van der Waals surface area contributed by atoms with Crippen LogP contribution in [-0.4, -0.2) is 56.5 Å². The van der Waals surface area contributed by atoms with Crippen LogP contribution in [0.5, 0.6) is 0 Å². The maximum atomic E-state index is 14.6. The quantitative estimate of drug-likeness (QED) is 0.298. The first kappa shape index (κ1) is 34.7. The molecule has 2 aromatic rings. The Morgan fingerprint density at radius 2 is 1.51 bits per heavy atom. The Labute approximate surface area is 272 Å². The Morgan fingerprint density at radius 1 is 0.933 bits per heavy atom. The number of ether oxygens (including phenoxy) is 2. The fourth-order valence-corrected chi connectivity index (χ4v) is 7.36. The van der Waals surface area contributed by atoms with Crippen molar-refractivity contribution < 1.29 is 23.5 Å². The van der Waals surface area contributed by atoms with Gasteiger partial charge in [0.25, 0.3) is 0 Å². The molecule has 244 valence electrons. The van der Waals surface area contributed by atoms with Gasteiger partial charge in [0.2, 0.25) is 8.32 Å². The van der Waals surface area contributed by atoms with Gasteiger partial charge in [0, 0.05) is 18.2 Å². The van der Waals surface area contributed by atoms with E-state index in [9.17, 15) is 9.59 Å². The van der Waals surface area contributed by atoms with Gasteiger partial charge in [0.1, 0.15) is 5.60 Å². The lowest BCUT2D eigenvalue weighted by atomic mass is 9.53. The molecule has 1 aliphatic heterocycles. The number of carbonyl (C=O) groups is 2. The summed E-state index contributed by atoms with van der Waals surface area (Å²) in [6.45, 7) is 24.6. The van der Waals surface area contributed by atoms with Gasteiger partial charge in [0.05, 0.1) is 30.4 Å². The van der Waals surface area contributed by atoms with Gasteiger partial charge in [-0.05, 0) is 67.4 Å². The van der Waals surface area contributed by atoms with E-state index in [1.54, 1.807) is 11.0 Å². The third-order valence-electron chi connectivity index (χ3n) is 9.47. The van der Waals surface area contributed by atoms with E-state index < -0.39 is 24.7 Å². The standard InChI is InChI=1S/C38H53NO5Si/c1-35(2,3)38(28-20-16-13-17-21-28)32(44-45(10,11)37(7,8)9)25-31(40)30(33(38)27-18-14-12-15-19-27)24-29-26-42-23-22-39(29)34(41)43-36(4,5)6/h12-21,25,29H,22-24,26H2,1-11H3/t29-,38-/m0/s1. The largest absolute Gasteiger partial charge is 0.545 e. The highest BCUT2D eigenvalue weighted by Crippen LogP contribution is 2.60. The van der Waals surface area contributed by atoms with Crippen molar-refractivity contribution >= 4 is 25.8 Å². The smallest absolute Gasteiger partial charge is 0.410 e. The lowest BCUT2D eigenvalue weighted by Crippen LogP contribution is -2.53. The normalized spacial score (nSPS) is 21.8. The zero-order valence-electron chi connectivity index (χ0n) is 29.2. The summed E-state index contributed by atoms with van der Waals surface area (Å²) in [6.07, 6.45) is 1.70. The zero-order valence-corrected chi connectivity index (χ0v) is 30.2. The highest BCUT2D eigenvalue weighted by Gasteiger charge is 2.56. The van der Waals surface area contributed by atoms with Crippen molar-refractivity contribution in [2.45, 2.75) is 104 Å². The molecule has 0 unspecified atom stereocenters. The van der Waals surface area contributed by atoms with Gasteiger partial charge in [-0.1, -0.05) is 102 Å². The van der Waals surface area contributed by atoms with Crippen molar-refractivity contribution in [1.82, 2.24) is 4.90 Å². The van der Waals surface area contributed by atoms with Gasteiger partial charge in [-0.15, -0.1) is 0 Å². The summed E-state index contributed by atoms with van der Waals surface area (Å²) in [5.74, 6) is 0.609. The highest BCUT2D eigenvalue weighted by molar-refractivity contribution is 6.74. The molecule has 1 fully saturated rings. The molecule has 1 heterocycles. The van der Waals surface area contributed by atoms with Crippen LogP contribution in [0.2, 0.25) is 18.1 Å². The number of nitrogens with zero attached hydrogens (tertiary/aromatic N) is 1. The van der Waals surface area contributed by atoms with Crippen molar-refractivity contribution in [2.24, 2.45) is 5.41 Å². The first-order chi connectivity index (χ1) is 20.8. The van der Waals surface area contributed by atoms with Gasteiger partial charge in [-0.2, -0.15) is 0 Å². The van der Waals surface area contributed by atoms with E-state index in [1.165, 1.54) is 0 Å². The molecule has 0 aromatic heterocycles. The molecule has 0 spiro atoms. The van der Waals surface area contributed by atoms with E-state index in [0.717, 1.165) is 16.7 Å². The second-order valence-electron chi connectivity index (χ2n) is 15.9. The van der Waals surface area contributed by atoms with E-state index in [4.69, 9.17) is 13.9 Å². The average Bonchev–Trinajstić information content (AvgIpc) is 2.93. The van der Waals surface area contributed by atoms with Gasteiger partial charge in [-0.3, -0.25) is 4.79 Å². The number of rotatable bonds is 6. The predicted octanol–water partition coefficient (Wildman–Crippen LogP) is 8.94. The second kappa shape index (κ2) is 12.6. The molecule has 1 aliphatic carbocycles. The predicted molar refractivity (Wildman–Crippen MR) is 184 cm³/mol. The molecule has 2 atom stereocenters. The van der Waals surface area contributed by atoms with Crippen molar-refractivity contribution in [1.29, 1.82) is 0 Å². The van der Waals surface area contributed by atoms with Crippen LogP contribution >= 0.6 is 0 Å². The van der Waals surface area contributed by atoms with Crippen LogP contribution in [-0.2, 0) is 24.1 Å². The molecule has 7 heteroatoms. The molecule has 2 aromatic carbocycles. The number of morpholine rings is 1. The Hall–Kier alpha value is -3.16. The van der Waals surface area contributed by atoms with Gasteiger partial charge >= 0.3 is 6.09 Å². The lowest BCUT2D eigenvalue weighted by molar-refractivity contribution is -0.112. The molecule has 45 heavy (non-hydrogen) atoms. The third kappa shape index (κ3) is 7.00. The number of ketones is 1. The topological polar surface area (TPSA) is 65.1 Å². The molecule has 0 saturated carbocycles. The summed E-state index contributed by atoms with van der Waals surface area (Å²) in [5.41, 5.74) is 1.76. The number of amides is 1. The molecule has 0 bridgehead atoms. The summed E-state index contributed by atoms with van der Waals surface area (Å²) in [5, 5.41) is -0.0819. The van der Waals surface area contributed by atoms with Crippen LogP contribution in [0.3, 0.4) is 0 Å². The lowest BCUT2D eigenvalue weighted by Gasteiger charge is -2.53. The van der Waals surface area contributed by atoms with Crippen LogP contribution < -0.4 is 0 Å². The number of hydrogen-bond acceptors (Lipinski definition) is 5. The fourth-order valence-electron chi connectivity index (χ4n) is 6.29. The highest BCUT2D eigenvalue weighted by atomic mass is 28.4. The number of allylic oxidation sites excluding steroid dienone is 2. The first-order valence-corrected chi connectivity index (χ1v) is 19.1. The van der Waals surface area contributed by atoms with Gasteiger partial charge in [-0.25, -0.2) is 4.79 Å². The zero-order chi connectivity index (χ0) is 33.4. The van der Waals surface area contributed by atoms with Crippen molar-refractivity contribution in [3.63, 3.8) is 0 Å². The maximum absolute atomic E-state index is 14.6. The average molecular weight is 632 g/mol. The Balaban J connectivity index is 2.03. The molecule has 6 nitrogen and oxygen atoms in total.